The molecule has 18 heavy (non-hydrogen) atoms. The van der Waals surface area contributed by atoms with Gasteiger partial charge in [0.05, 0.1) is 15.7 Å². The summed E-state index contributed by atoms with van der Waals surface area (Å²) in [6, 6.07) is 9.31. The van der Waals surface area contributed by atoms with Gasteiger partial charge in [-0.2, -0.15) is 0 Å². The first-order chi connectivity index (χ1) is 8.65. The van der Waals surface area contributed by atoms with Crippen molar-refractivity contribution in [1.29, 1.82) is 0 Å². The van der Waals surface area contributed by atoms with Crippen LogP contribution in [-0.4, -0.2) is 9.38 Å². The lowest BCUT2D eigenvalue weighted by Gasteiger charge is -2.02. The molecule has 0 aliphatic rings. The first kappa shape index (κ1) is 12.0. The Kier molecular flexibility index (Phi) is 3.06. The molecule has 0 spiro atoms. The Morgan fingerprint density at radius 3 is 2.44 bits per heavy atom. The van der Waals surface area contributed by atoms with Crippen LogP contribution in [0.1, 0.15) is 0 Å². The summed E-state index contributed by atoms with van der Waals surface area (Å²) in [7, 11) is 0. The van der Waals surface area contributed by atoms with E-state index in [0.717, 1.165) is 21.4 Å². The quantitative estimate of drug-likeness (QED) is 0.604. The van der Waals surface area contributed by atoms with Gasteiger partial charge in [0.2, 0.25) is 0 Å². The average Bonchev–Trinajstić information content (AvgIpc) is 2.71. The maximum atomic E-state index is 6.18. The maximum absolute atomic E-state index is 6.18. The molecule has 0 bridgehead atoms. The molecular formula is C13H7BrCl2N2. The van der Waals surface area contributed by atoms with Crippen LogP contribution in [0, 0.1) is 0 Å². The zero-order valence-electron chi connectivity index (χ0n) is 9.07. The molecule has 0 amide bonds. The van der Waals surface area contributed by atoms with E-state index >= 15 is 0 Å². The third-order valence-electron chi connectivity index (χ3n) is 2.63. The fourth-order valence-electron chi connectivity index (χ4n) is 1.83. The van der Waals surface area contributed by atoms with Gasteiger partial charge in [-0.3, -0.25) is 0 Å². The molecule has 3 aromatic rings. The summed E-state index contributed by atoms with van der Waals surface area (Å²) in [6.07, 6.45) is 3.85. The van der Waals surface area contributed by atoms with Crippen LogP contribution >= 0.6 is 39.1 Å². The van der Waals surface area contributed by atoms with Crippen molar-refractivity contribution >= 4 is 44.8 Å². The minimum absolute atomic E-state index is 0.602. The Labute approximate surface area is 122 Å². The molecule has 0 saturated carbocycles. The molecule has 90 valence electrons. The van der Waals surface area contributed by atoms with Gasteiger partial charge in [0.1, 0.15) is 5.65 Å². The van der Waals surface area contributed by atoms with Crippen LogP contribution in [0.25, 0.3) is 16.9 Å². The van der Waals surface area contributed by atoms with Gasteiger partial charge in [-0.15, -0.1) is 0 Å². The van der Waals surface area contributed by atoms with Gasteiger partial charge in [-0.05, 0) is 40.2 Å². The zero-order chi connectivity index (χ0) is 12.7. The minimum Gasteiger partial charge on any atom is -0.305 e. The molecule has 0 atom stereocenters. The highest BCUT2D eigenvalue weighted by Crippen LogP contribution is 2.34. The van der Waals surface area contributed by atoms with E-state index in [1.165, 1.54) is 0 Å². The highest BCUT2D eigenvalue weighted by atomic mass is 79.9. The summed E-state index contributed by atoms with van der Waals surface area (Å²) in [6.45, 7) is 0. The number of rotatable bonds is 1. The highest BCUT2D eigenvalue weighted by Gasteiger charge is 2.11. The highest BCUT2D eigenvalue weighted by molar-refractivity contribution is 9.10. The predicted octanol–water partition coefficient (Wildman–Crippen LogP) is 5.07. The molecule has 2 aromatic heterocycles. The Morgan fingerprint density at radius 2 is 1.72 bits per heavy atom. The lowest BCUT2D eigenvalue weighted by atomic mass is 10.2. The number of fused-ring (bicyclic) bond motifs is 1. The molecule has 0 fully saturated rings. The first-order valence-corrected chi connectivity index (χ1v) is 6.79. The molecule has 2 heterocycles. The van der Waals surface area contributed by atoms with Gasteiger partial charge in [-0.25, -0.2) is 4.98 Å². The number of hydrogen-bond donors (Lipinski definition) is 0. The molecule has 3 rings (SSSR count). The summed E-state index contributed by atoms with van der Waals surface area (Å²) >= 11 is 15.8. The van der Waals surface area contributed by atoms with E-state index in [2.05, 4.69) is 20.9 Å². The normalized spacial score (nSPS) is 11.1. The second-order valence-corrected chi connectivity index (χ2v) is 5.57. The van der Waals surface area contributed by atoms with Gasteiger partial charge >= 0.3 is 0 Å². The van der Waals surface area contributed by atoms with E-state index in [4.69, 9.17) is 23.2 Å². The number of benzene rings is 1. The molecule has 0 aliphatic heterocycles. The third-order valence-corrected chi connectivity index (χ3v) is 3.73. The third kappa shape index (κ3) is 2.03. The van der Waals surface area contributed by atoms with Crippen LogP contribution < -0.4 is 0 Å². The van der Waals surface area contributed by atoms with Crippen LogP contribution in [0.5, 0.6) is 0 Å². The van der Waals surface area contributed by atoms with E-state index in [9.17, 15) is 0 Å². The number of nitrogens with zero attached hydrogens (tertiary/aromatic N) is 2. The molecule has 0 aliphatic carbocycles. The van der Waals surface area contributed by atoms with Crippen LogP contribution in [-0.2, 0) is 0 Å². The van der Waals surface area contributed by atoms with E-state index in [-0.39, 0.29) is 0 Å². The van der Waals surface area contributed by atoms with E-state index in [1.807, 2.05) is 47.1 Å². The molecule has 0 N–H and O–H groups in total. The lowest BCUT2D eigenvalue weighted by Crippen LogP contribution is -1.80. The van der Waals surface area contributed by atoms with Crippen molar-refractivity contribution in [1.82, 2.24) is 9.38 Å². The summed E-state index contributed by atoms with van der Waals surface area (Å²) < 4.78 is 2.92. The fraction of sp³-hybridized carbons (Fsp3) is 0. The SMILES string of the molecule is Clc1cccc(Cl)c1-c1cn2cc(Br)ccc2n1. The molecule has 5 heteroatoms. The molecule has 0 radical (unpaired) electrons. The van der Waals surface area contributed by atoms with Gasteiger partial charge < -0.3 is 4.40 Å². The Bertz CT molecular complexity index is 717. The van der Waals surface area contributed by atoms with Crippen molar-refractivity contribution in [3.05, 3.63) is 57.2 Å². The number of halogens is 3. The number of hydrogen-bond acceptors (Lipinski definition) is 1. The van der Waals surface area contributed by atoms with Gasteiger partial charge in [-0.1, -0.05) is 29.3 Å². The number of pyridine rings is 1. The predicted molar refractivity (Wildman–Crippen MR) is 78.3 cm³/mol. The summed E-state index contributed by atoms with van der Waals surface area (Å²) in [5.41, 5.74) is 2.38. The van der Waals surface area contributed by atoms with Crippen molar-refractivity contribution in [2.45, 2.75) is 0 Å². The van der Waals surface area contributed by atoms with Crippen LogP contribution in [0.2, 0.25) is 10.0 Å². The van der Waals surface area contributed by atoms with Crippen molar-refractivity contribution in [3.63, 3.8) is 0 Å². The molecular weight excluding hydrogens is 335 g/mol. The topological polar surface area (TPSA) is 17.3 Å². The minimum atomic E-state index is 0.602. The Morgan fingerprint density at radius 1 is 1.00 bits per heavy atom. The largest absolute Gasteiger partial charge is 0.305 e. The van der Waals surface area contributed by atoms with E-state index in [1.54, 1.807) is 0 Å². The second kappa shape index (κ2) is 4.57. The summed E-state index contributed by atoms with van der Waals surface area (Å²) in [4.78, 5) is 4.52. The van der Waals surface area contributed by atoms with Gasteiger partial charge in [0.15, 0.2) is 0 Å². The van der Waals surface area contributed by atoms with Gasteiger partial charge in [0.25, 0.3) is 0 Å². The second-order valence-electron chi connectivity index (χ2n) is 3.84. The van der Waals surface area contributed by atoms with Gasteiger partial charge in [0, 0.05) is 22.4 Å². The maximum Gasteiger partial charge on any atom is 0.137 e. The standard InChI is InChI=1S/C13H7BrCl2N2/c14-8-4-5-12-17-11(7-18(12)6-8)13-9(15)2-1-3-10(13)16/h1-7H. The zero-order valence-corrected chi connectivity index (χ0v) is 12.2. The van der Waals surface area contributed by atoms with Crippen molar-refractivity contribution in [2.75, 3.05) is 0 Å². The monoisotopic (exact) mass is 340 g/mol. The molecule has 0 unspecified atom stereocenters. The van der Waals surface area contributed by atoms with Crippen molar-refractivity contribution in [2.24, 2.45) is 0 Å². The van der Waals surface area contributed by atoms with E-state index in [0.29, 0.717) is 10.0 Å². The Hall–Kier alpha value is -1.03. The van der Waals surface area contributed by atoms with Crippen molar-refractivity contribution < 1.29 is 0 Å². The number of imidazole rings is 1. The Balaban J connectivity index is 2.26. The molecule has 1 aromatic carbocycles. The van der Waals surface area contributed by atoms with Crippen LogP contribution in [0.15, 0.2) is 47.2 Å². The van der Waals surface area contributed by atoms with Crippen LogP contribution in [0.3, 0.4) is 0 Å². The average molecular weight is 342 g/mol. The number of aromatic nitrogens is 2. The summed E-state index contributed by atoms with van der Waals surface area (Å²) in [5, 5.41) is 1.20. The lowest BCUT2D eigenvalue weighted by molar-refractivity contribution is 1.17. The summed E-state index contributed by atoms with van der Waals surface area (Å²) in [5.74, 6) is 0. The fourth-order valence-corrected chi connectivity index (χ4v) is 2.77. The molecule has 0 saturated heterocycles. The smallest absolute Gasteiger partial charge is 0.137 e. The van der Waals surface area contributed by atoms with Crippen LogP contribution in [0.4, 0.5) is 0 Å². The van der Waals surface area contributed by atoms with E-state index < -0.39 is 0 Å². The van der Waals surface area contributed by atoms with Crippen molar-refractivity contribution in [3.8, 4) is 11.3 Å². The molecule has 2 nitrogen and oxygen atoms in total. The first-order valence-electron chi connectivity index (χ1n) is 5.24.